The number of hydrogen-bond acceptors (Lipinski definition) is 2. The molecule has 6 heteroatoms. The fourth-order valence-electron chi connectivity index (χ4n) is 1.37. The molecule has 0 fully saturated rings. The van der Waals surface area contributed by atoms with Crippen LogP contribution >= 0.6 is 15.9 Å². The molecular weight excluding hydrogens is 308 g/mol. The van der Waals surface area contributed by atoms with Gasteiger partial charge in [0.15, 0.2) is 0 Å². The maximum atomic E-state index is 13.4. The molecule has 1 atom stereocenters. The van der Waals surface area contributed by atoms with Crippen molar-refractivity contribution in [3.63, 3.8) is 0 Å². The number of aryl methyl sites for hydroxylation is 1. The molecule has 0 aliphatic heterocycles. The number of carbonyl (C=O) groups excluding carboxylic acids is 1. The Morgan fingerprint density at radius 2 is 2.11 bits per heavy atom. The summed E-state index contributed by atoms with van der Waals surface area (Å²) in [5.41, 5.74) is 0.0693. The van der Waals surface area contributed by atoms with Gasteiger partial charge >= 0.3 is 0 Å². The Bertz CT molecular complexity index is 440. The predicted molar refractivity (Wildman–Crippen MR) is 68.0 cm³/mol. The molecular formula is C12H14BrF2NO2. The summed E-state index contributed by atoms with van der Waals surface area (Å²) in [7, 11) is 1.54. The van der Waals surface area contributed by atoms with Gasteiger partial charge in [0.05, 0.1) is 17.0 Å². The lowest BCUT2D eigenvalue weighted by Crippen LogP contribution is -2.32. The lowest BCUT2D eigenvalue weighted by Gasteiger charge is -2.11. The van der Waals surface area contributed by atoms with Gasteiger partial charge < -0.3 is 10.1 Å². The van der Waals surface area contributed by atoms with Gasteiger partial charge in [0.1, 0.15) is 11.6 Å². The Labute approximate surface area is 113 Å². The van der Waals surface area contributed by atoms with E-state index in [1.165, 1.54) is 13.0 Å². The smallest absolute Gasteiger partial charge is 0.254 e. The Morgan fingerprint density at radius 3 is 2.72 bits per heavy atom. The van der Waals surface area contributed by atoms with E-state index >= 15 is 0 Å². The SMILES string of the molecule is COCC(Br)CNC(=O)c1cc(C)c(F)cc1F. The van der Waals surface area contributed by atoms with Crippen molar-refractivity contribution in [3.8, 4) is 0 Å². The van der Waals surface area contributed by atoms with E-state index in [0.29, 0.717) is 19.2 Å². The second-order valence-corrected chi connectivity index (χ2v) is 5.14. The van der Waals surface area contributed by atoms with E-state index in [4.69, 9.17) is 4.74 Å². The lowest BCUT2D eigenvalue weighted by molar-refractivity contribution is 0.0946. The summed E-state index contributed by atoms with van der Waals surface area (Å²) in [6.07, 6.45) is 0. The summed E-state index contributed by atoms with van der Waals surface area (Å²) in [6, 6.07) is 1.91. The summed E-state index contributed by atoms with van der Waals surface area (Å²) in [5, 5.41) is 2.54. The van der Waals surface area contributed by atoms with E-state index < -0.39 is 17.5 Å². The van der Waals surface area contributed by atoms with Crippen LogP contribution in [0.2, 0.25) is 0 Å². The molecule has 0 saturated carbocycles. The van der Waals surface area contributed by atoms with E-state index in [0.717, 1.165) is 0 Å². The van der Waals surface area contributed by atoms with Crippen LogP contribution in [0.15, 0.2) is 12.1 Å². The van der Waals surface area contributed by atoms with Crippen LogP contribution in [0.5, 0.6) is 0 Å². The minimum atomic E-state index is -0.867. The normalized spacial score (nSPS) is 12.3. The van der Waals surface area contributed by atoms with E-state index in [1.54, 1.807) is 7.11 Å². The maximum absolute atomic E-state index is 13.4. The number of ether oxygens (including phenoxy) is 1. The topological polar surface area (TPSA) is 38.3 Å². The zero-order valence-corrected chi connectivity index (χ0v) is 11.7. The third kappa shape index (κ3) is 4.03. The molecule has 3 nitrogen and oxygen atoms in total. The first kappa shape index (κ1) is 15.0. The summed E-state index contributed by atoms with van der Waals surface area (Å²) in [6.45, 7) is 2.19. The number of methoxy groups -OCH3 is 1. The fourth-order valence-corrected chi connectivity index (χ4v) is 1.80. The number of hydrogen-bond donors (Lipinski definition) is 1. The van der Waals surface area contributed by atoms with Crippen molar-refractivity contribution >= 4 is 21.8 Å². The molecule has 0 radical (unpaired) electrons. The molecule has 0 aliphatic rings. The summed E-state index contributed by atoms with van der Waals surface area (Å²) in [5.74, 6) is -2.11. The van der Waals surface area contributed by atoms with Crippen molar-refractivity contribution in [2.24, 2.45) is 0 Å². The highest BCUT2D eigenvalue weighted by atomic mass is 79.9. The second kappa shape index (κ2) is 6.80. The van der Waals surface area contributed by atoms with E-state index in [2.05, 4.69) is 21.2 Å². The second-order valence-electron chi connectivity index (χ2n) is 3.84. The highest BCUT2D eigenvalue weighted by molar-refractivity contribution is 9.09. The zero-order valence-electron chi connectivity index (χ0n) is 10.1. The van der Waals surface area contributed by atoms with Gasteiger partial charge in [-0.2, -0.15) is 0 Å². The molecule has 18 heavy (non-hydrogen) atoms. The number of halogens is 3. The molecule has 1 aromatic rings. The van der Waals surface area contributed by atoms with Crippen molar-refractivity contribution in [2.75, 3.05) is 20.3 Å². The van der Waals surface area contributed by atoms with Crippen molar-refractivity contribution in [3.05, 3.63) is 34.9 Å². The van der Waals surface area contributed by atoms with Crippen molar-refractivity contribution in [1.29, 1.82) is 0 Å². The molecule has 100 valence electrons. The predicted octanol–water partition coefficient (Wildman–Crippen LogP) is 2.41. The molecule has 1 rings (SSSR count). The van der Waals surface area contributed by atoms with Gasteiger partial charge in [0.2, 0.25) is 0 Å². The largest absolute Gasteiger partial charge is 0.383 e. The van der Waals surface area contributed by atoms with Gasteiger partial charge in [-0.3, -0.25) is 4.79 Å². The summed E-state index contributed by atoms with van der Waals surface area (Å²) < 4.78 is 31.3. The molecule has 0 aromatic heterocycles. The number of benzene rings is 1. The molecule has 0 saturated heterocycles. The van der Waals surface area contributed by atoms with Gasteiger partial charge in [0.25, 0.3) is 5.91 Å². The number of carbonyl (C=O) groups is 1. The number of rotatable bonds is 5. The Morgan fingerprint density at radius 1 is 1.44 bits per heavy atom. The van der Waals surface area contributed by atoms with Crippen LogP contribution in [0.4, 0.5) is 8.78 Å². The first-order chi connectivity index (χ1) is 8.45. The van der Waals surface area contributed by atoms with Gasteiger partial charge in [-0.1, -0.05) is 15.9 Å². The quantitative estimate of drug-likeness (QED) is 0.846. The van der Waals surface area contributed by atoms with Crippen LogP contribution in [0.25, 0.3) is 0 Å². The molecule has 1 unspecified atom stereocenters. The van der Waals surface area contributed by atoms with Gasteiger partial charge in [-0.05, 0) is 18.6 Å². The van der Waals surface area contributed by atoms with Crippen molar-refractivity contribution < 1.29 is 18.3 Å². The van der Waals surface area contributed by atoms with Gasteiger partial charge in [-0.15, -0.1) is 0 Å². The molecule has 1 amide bonds. The highest BCUT2D eigenvalue weighted by Crippen LogP contribution is 2.14. The van der Waals surface area contributed by atoms with E-state index in [1.807, 2.05) is 0 Å². The van der Waals surface area contributed by atoms with Crippen LogP contribution in [0.1, 0.15) is 15.9 Å². The monoisotopic (exact) mass is 321 g/mol. The molecule has 0 heterocycles. The van der Waals surface area contributed by atoms with Crippen molar-refractivity contribution in [1.82, 2.24) is 5.32 Å². The average Bonchev–Trinajstić information content (AvgIpc) is 2.31. The van der Waals surface area contributed by atoms with Crippen LogP contribution in [-0.4, -0.2) is 31.0 Å². The van der Waals surface area contributed by atoms with Crippen LogP contribution in [0.3, 0.4) is 0 Å². The molecule has 1 aromatic carbocycles. The van der Waals surface area contributed by atoms with E-state index in [-0.39, 0.29) is 16.0 Å². The average molecular weight is 322 g/mol. The maximum Gasteiger partial charge on any atom is 0.254 e. The minimum absolute atomic E-state index is 0.0592. The first-order valence-corrected chi connectivity index (χ1v) is 6.24. The molecule has 1 N–H and O–H groups in total. The highest BCUT2D eigenvalue weighted by Gasteiger charge is 2.15. The summed E-state index contributed by atoms with van der Waals surface area (Å²) >= 11 is 3.29. The number of alkyl halides is 1. The zero-order chi connectivity index (χ0) is 13.7. The van der Waals surface area contributed by atoms with Crippen molar-refractivity contribution in [2.45, 2.75) is 11.8 Å². The Balaban J connectivity index is 2.70. The van der Waals surface area contributed by atoms with E-state index in [9.17, 15) is 13.6 Å². The molecule has 0 aliphatic carbocycles. The van der Waals surface area contributed by atoms with Gasteiger partial charge in [-0.25, -0.2) is 8.78 Å². The fraction of sp³-hybridized carbons (Fsp3) is 0.417. The third-order valence-electron chi connectivity index (χ3n) is 2.32. The minimum Gasteiger partial charge on any atom is -0.383 e. The van der Waals surface area contributed by atoms with Crippen LogP contribution in [0, 0.1) is 18.6 Å². The van der Waals surface area contributed by atoms with Crippen LogP contribution < -0.4 is 5.32 Å². The first-order valence-electron chi connectivity index (χ1n) is 5.32. The third-order valence-corrected chi connectivity index (χ3v) is 2.91. The Hall–Kier alpha value is -1.01. The standard InChI is InChI=1S/C12H14BrF2NO2/c1-7-3-9(11(15)4-10(7)14)12(17)16-5-8(13)6-18-2/h3-4,8H,5-6H2,1-2H3,(H,16,17). The lowest BCUT2D eigenvalue weighted by atomic mass is 10.1. The van der Waals surface area contributed by atoms with Gasteiger partial charge in [0, 0.05) is 19.7 Å². The number of nitrogens with one attached hydrogen (secondary N) is 1. The van der Waals surface area contributed by atoms with Crippen LogP contribution in [-0.2, 0) is 4.74 Å². The summed E-state index contributed by atoms with van der Waals surface area (Å²) in [4.78, 5) is 11.6. The molecule has 0 spiro atoms. The number of amides is 1. The Kier molecular flexibility index (Phi) is 5.68. The molecule has 0 bridgehead atoms.